The molecule has 0 aliphatic carbocycles. The van der Waals surface area contributed by atoms with Crippen LogP contribution in [0.5, 0.6) is 0 Å². The van der Waals surface area contributed by atoms with Crippen LogP contribution in [0.2, 0.25) is 0 Å². The predicted molar refractivity (Wildman–Crippen MR) is 129 cm³/mol. The van der Waals surface area contributed by atoms with Gasteiger partial charge in [0.05, 0.1) is 0 Å². The summed E-state index contributed by atoms with van der Waals surface area (Å²) in [6.07, 6.45) is 0. The molecular weight excluding hydrogens is 382 g/mol. The third kappa shape index (κ3) is 4.97. The maximum Gasteiger partial charge on any atom is 0.246 e. The third-order valence-electron chi connectivity index (χ3n) is 6.06. The fourth-order valence-electron chi connectivity index (χ4n) is 4.30. The zero-order valence-corrected chi connectivity index (χ0v) is 18.6. The molecule has 1 fully saturated rings. The molecule has 3 aromatic rings. The summed E-state index contributed by atoms with van der Waals surface area (Å²) in [5, 5.41) is 3.20. The Morgan fingerprint density at radius 1 is 0.806 bits per heavy atom. The van der Waals surface area contributed by atoms with Crippen molar-refractivity contribution in [3.63, 3.8) is 0 Å². The monoisotopic (exact) mass is 413 g/mol. The Morgan fingerprint density at radius 2 is 1.52 bits per heavy atom. The minimum absolute atomic E-state index is 0.0314. The van der Waals surface area contributed by atoms with Gasteiger partial charge in [-0.15, -0.1) is 0 Å². The Kier molecular flexibility index (Phi) is 6.38. The summed E-state index contributed by atoms with van der Waals surface area (Å²) < 4.78 is 0. The van der Waals surface area contributed by atoms with Gasteiger partial charge < -0.3 is 10.2 Å². The largest absolute Gasteiger partial charge is 0.369 e. The molecular formula is C27H31N3O. The molecule has 0 spiro atoms. The molecule has 3 aromatic carbocycles. The number of hydrogen-bond donors (Lipinski definition) is 1. The first-order valence-corrected chi connectivity index (χ1v) is 11.0. The molecule has 1 atom stereocenters. The summed E-state index contributed by atoms with van der Waals surface area (Å²) in [5.41, 5.74) is 6.68. The second kappa shape index (κ2) is 9.36. The van der Waals surface area contributed by atoms with E-state index in [9.17, 15) is 4.79 Å². The van der Waals surface area contributed by atoms with Gasteiger partial charge in [0.2, 0.25) is 5.91 Å². The molecule has 1 amide bonds. The van der Waals surface area contributed by atoms with Gasteiger partial charge >= 0.3 is 0 Å². The second-order valence-corrected chi connectivity index (χ2v) is 8.48. The highest BCUT2D eigenvalue weighted by atomic mass is 16.2. The fraction of sp³-hybridized carbons (Fsp3) is 0.296. The van der Waals surface area contributed by atoms with Gasteiger partial charge in [-0.05, 0) is 61.2 Å². The van der Waals surface area contributed by atoms with Crippen LogP contribution in [0, 0.1) is 20.8 Å². The molecule has 1 unspecified atom stereocenters. The standard InChI is InChI=1S/C27H31N3O/c1-20-8-7-11-24(18-20)29-14-16-30(17-15-29)26(23-9-5-4-6-10-23)27(31)28-25-19-21(2)12-13-22(25)3/h4-13,18-19,26H,14-17H2,1-3H3,(H,28,31). The zero-order chi connectivity index (χ0) is 21.8. The van der Waals surface area contributed by atoms with E-state index in [0.29, 0.717) is 0 Å². The first kappa shape index (κ1) is 21.1. The van der Waals surface area contributed by atoms with Crippen LogP contribution in [-0.2, 0) is 4.79 Å². The molecule has 4 rings (SSSR count). The minimum atomic E-state index is -0.305. The molecule has 31 heavy (non-hydrogen) atoms. The summed E-state index contributed by atoms with van der Waals surface area (Å²) >= 11 is 0. The Bertz CT molecular complexity index is 1040. The summed E-state index contributed by atoms with van der Waals surface area (Å²) in [5.74, 6) is 0.0314. The number of nitrogens with zero attached hydrogens (tertiary/aromatic N) is 2. The number of aryl methyl sites for hydroxylation is 3. The number of rotatable bonds is 5. The molecule has 1 N–H and O–H groups in total. The highest BCUT2D eigenvalue weighted by Gasteiger charge is 2.30. The summed E-state index contributed by atoms with van der Waals surface area (Å²) in [4.78, 5) is 18.2. The van der Waals surface area contributed by atoms with Gasteiger partial charge in [0.25, 0.3) is 0 Å². The zero-order valence-electron chi connectivity index (χ0n) is 18.6. The minimum Gasteiger partial charge on any atom is -0.369 e. The quantitative estimate of drug-likeness (QED) is 0.631. The second-order valence-electron chi connectivity index (χ2n) is 8.48. The first-order chi connectivity index (χ1) is 15.0. The van der Waals surface area contributed by atoms with Gasteiger partial charge in [0.15, 0.2) is 0 Å². The first-order valence-electron chi connectivity index (χ1n) is 11.0. The van der Waals surface area contributed by atoms with E-state index in [-0.39, 0.29) is 11.9 Å². The Morgan fingerprint density at radius 3 is 2.23 bits per heavy atom. The van der Waals surface area contributed by atoms with Crippen molar-refractivity contribution in [1.82, 2.24) is 4.90 Å². The van der Waals surface area contributed by atoms with Crippen molar-refractivity contribution in [2.75, 3.05) is 36.4 Å². The van der Waals surface area contributed by atoms with Crippen LogP contribution in [0.3, 0.4) is 0 Å². The van der Waals surface area contributed by atoms with E-state index >= 15 is 0 Å². The van der Waals surface area contributed by atoms with E-state index in [1.54, 1.807) is 0 Å². The van der Waals surface area contributed by atoms with Gasteiger partial charge in [-0.3, -0.25) is 9.69 Å². The maximum absolute atomic E-state index is 13.5. The van der Waals surface area contributed by atoms with Gasteiger partial charge in [-0.1, -0.05) is 54.6 Å². The van der Waals surface area contributed by atoms with E-state index in [2.05, 4.69) is 70.6 Å². The number of hydrogen-bond acceptors (Lipinski definition) is 3. The molecule has 1 saturated heterocycles. The molecule has 0 bridgehead atoms. The Hall–Kier alpha value is -3.11. The topological polar surface area (TPSA) is 35.6 Å². The molecule has 1 heterocycles. The lowest BCUT2D eigenvalue weighted by atomic mass is 10.0. The van der Waals surface area contributed by atoms with Gasteiger partial charge in [-0.2, -0.15) is 0 Å². The number of carbonyl (C=O) groups is 1. The molecule has 4 heteroatoms. The third-order valence-corrected chi connectivity index (χ3v) is 6.06. The van der Waals surface area contributed by atoms with Crippen molar-refractivity contribution < 1.29 is 4.79 Å². The molecule has 4 nitrogen and oxygen atoms in total. The van der Waals surface area contributed by atoms with Crippen LogP contribution < -0.4 is 10.2 Å². The summed E-state index contributed by atoms with van der Waals surface area (Å²) in [7, 11) is 0. The molecule has 160 valence electrons. The lowest BCUT2D eigenvalue weighted by Crippen LogP contribution is -2.50. The van der Waals surface area contributed by atoms with Crippen molar-refractivity contribution in [2.24, 2.45) is 0 Å². The number of benzene rings is 3. The van der Waals surface area contributed by atoms with Crippen molar-refractivity contribution in [1.29, 1.82) is 0 Å². The van der Waals surface area contributed by atoms with Crippen LogP contribution >= 0.6 is 0 Å². The number of piperazine rings is 1. The van der Waals surface area contributed by atoms with Gasteiger partial charge in [0, 0.05) is 37.6 Å². The SMILES string of the molecule is Cc1cccc(N2CCN(C(C(=O)Nc3cc(C)ccc3C)c3ccccc3)CC2)c1. The van der Waals surface area contributed by atoms with Crippen molar-refractivity contribution in [3.8, 4) is 0 Å². The summed E-state index contributed by atoms with van der Waals surface area (Å²) in [6.45, 7) is 9.71. The number of nitrogens with one attached hydrogen (secondary N) is 1. The van der Waals surface area contributed by atoms with E-state index in [1.807, 2.05) is 38.1 Å². The van der Waals surface area contributed by atoms with Crippen LogP contribution in [-0.4, -0.2) is 37.0 Å². The number of anilines is 2. The average Bonchev–Trinajstić information content (AvgIpc) is 2.78. The molecule has 0 saturated carbocycles. The van der Waals surface area contributed by atoms with E-state index in [0.717, 1.165) is 48.6 Å². The fourth-order valence-corrected chi connectivity index (χ4v) is 4.30. The lowest BCUT2D eigenvalue weighted by molar-refractivity contribution is -0.121. The Labute approximate surface area is 185 Å². The van der Waals surface area contributed by atoms with Crippen LogP contribution in [0.1, 0.15) is 28.3 Å². The van der Waals surface area contributed by atoms with Crippen molar-refractivity contribution in [2.45, 2.75) is 26.8 Å². The smallest absolute Gasteiger partial charge is 0.246 e. The molecule has 1 aliphatic rings. The van der Waals surface area contributed by atoms with Crippen molar-refractivity contribution >= 4 is 17.3 Å². The van der Waals surface area contributed by atoms with Crippen LogP contribution in [0.4, 0.5) is 11.4 Å². The lowest BCUT2D eigenvalue weighted by Gasteiger charge is -2.40. The molecule has 0 radical (unpaired) electrons. The number of amides is 1. The van der Waals surface area contributed by atoms with Crippen LogP contribution in [0.15, 0.2) is 72.8 Å². The van der Waals surface area contributed by atoms with Crippen LogP contribution in [0.25, 0.3) is 0 Å². The molecule has 1 aliphatic heterocycles. The van der Waals surface area contributed by atoms with Gasteiger partial charge in [0.1, 0.15) is 6.04 Å². The predicted octanol–water partition coefficient (Wildman–Crippen LogP) is 5.11. The van der Waals surface area contributed by atoms with Crippen molar-refractivity contribution in [3.05, 3.63) is 95.1 Å². The highest BCUT2D eigenvalue weighted by Crippen LogP contribution is 2.27. The van der Waals surface area contributed by atoms with Gasteiger partial charge in [-0.25, -0.2) is 0 Å². The highest BCUT2D eigenvalue weighted by molar-refractivity contribution is 5.96. The maximum atomic E-state index is 13.5. The Balaban J connectivity index is 1.53. The number of carbonyl (C=O) groups excluding carboxylic acids is 1. The van der Waals surface area contributed by atoms with E-state index < -0.39 is 0 Å². The average molecular weight is 414 g/mol. The summed E-state index contributed by atoms with van der Waals surface area (Å²) in [6, 6.07) is 24.7. The normalized spacial score (nSPS) is 15.5. The molecule has 0 aromatic heterocycles. The van der Waals surface area contributed by atoms with E-state index in [4.69, 9.17) is 0 Å². The van der Waals surface area contributed by atoms with E-state index in [1.165, 1.54) is 11.3 Å².